The van der Waals surface area contributed by atoms with Crippen LogP contribution in [0.3, 0.4) is 0 Å². The maximum absolute atomic E-state index is 11.9. The molecule has 8 nitrogen and oxygen atoms in total. The Morgan fingerprint density at radius 1 is 1.11 bits per heavy atom. The molecule has 2 heterocycles. The molecule has 0 saturated carbocycles. The van der Waals surface area contributed by atoms with Gasteiger partial charge in [0.2, 0.25) is 5.88 Å². The van der Waals surface area contributed by atoms with E-state index in [4.69, 9.17) is 14.2 Å². The minimum absolute atomic E-state index is 0.195. The van der Waals surface area contributed by atoms with Gasteiger partial charge in [0, 0.05) is 35.4 Å². The molecule has 0 radical (unpaired) electrons. The van der Waals surface area contributed by atoms with Crippen molar-refractivity contribution in [2.75, 3.05) is 20.3 Å². The quantitative estimate of drug-likeness (QED) is 0.267. The van der Waals surface area contributed by atoms with E-state index in [-0.39, 0.29) is 23.6 Å². The van der Waals surface area contributed by atoms with Crippen molar-refractivity contribution in [1.82, 2.24) is 15.3 Å². The van der Waals surface area contributed by atoms with Crippen LogP contribution in [-0.2, 0) is 11.2 Å². The van der Waals surface area contributed by atoms with E-state index in [2.05, 4.69) is 29.1 Å². The van der Waals surface area contributed by atoms with Crippen LogP contribution in [-0.4, -0.2) is 52.9 Å². The van der Waals surface area contributed by atoms with Crippen molar-refractivity contribution >= 4 is 16.9 Å². The van der Waals surface area contributed by atoms with Gasteiger partial charge in [0.05, 0.1) is 7.11 Å². The lowest BCUT2D eigenvalue weighted by Crippen LogP contribution is -2.46. The number of aliphatic hydroxyl groups is 1. The van der Waals surface area contributed by atoms with Crippen LogP contribution >= 0.6 is 0 Å². The van der Waals surface area contributed by atoms with Gasteiger partial charge in [0.25, 0.3) is 0 Å². The molecule has 36 heavy (non-hydrogen) atoms. The van der Waals surface area contributed by atoms with Crippen molar-refractivity contribution in [3.63, 3.8) is 0 Å². The number of rotatable bonds is 11. The van der Waals surface area contributed by atoms with Gasteiger partial charge in [0.15, 0.2) is 0 Å². The first-order chi connectivity index (χ1) is 17.3. The summed E-state index contributed by atoms with van der Waals surface area (Å²) in [7, 11) is 1.32. The second kappa shape index (κ2) is 11.2. The van der Waals surface area contributed by atoms with Gasteiger partial charge in [-0.3, -0.25) is 0 Å². The lowest BCUT2D eigenvalue weighted by molar-refractivity contribution is 0.0597. The summed E-state index contributed by atoms with van der Waals surface area (Å²) in [6, 6.07) is 18.6. The largest absolute Gasteiger partial charge is 0.490 e. The summed E-state index contributed by atoms with van der Waals surface area (Å²) in [6.45, 7) is 4.76. The number of fused-ring (bicyclic) bond motifs is 1. The molecular weight excluding hydrogens is 458 g/mol. The number of ether oxygens (including phenoxy) is 3. The number of carbonyl (C=O) groups is 1. The average Bonchev–Trinajstić information content (AvgIpc) is 3.37. The van der Waals surface area contributed by atoms with Crippen molar-refractivity contribution in [1.29, 1.82) is 0 Å². The molecule has 4 rings (SSSR count). The van der Waals surface area contributed by atoms with Crippen LogP contribution in [0.5, 0.6) is 17.4 Å². The van der Waals surface area contributed by atoms with Crippen LogP contribution in [0.25, 0.3) is 10.9 Å². The first-order valence-corrected chi connectivity index (χ1v) is 11.8. The third-order valence-electron chi connectivity index (χ3n) is 5.76. The van der Waals surface area contributed by atoms with Gasteiger partial charge in [-0.2, -0.15) is 0 Å². The molecule has 1 atom stereocenters. The first-order valence-electron chi connectivity index (χ1n) is 11.8. The van der Waals surface area contributed by atoms with Gasteiger partial charge in [-0.05, 0) is 68.3 Å². The van der Waals surface area contributed by atoms with E-state index >= 15 is 0 Å². The van der Waals surface area contributed by atoms with Crippen LogP contribution in [0.4, 0.5) is 0 Å². The summed E-state index contributed by atoms with van der Waals surface area (Å²) in [5.41, 5.74) is 2.10. The summed E-state index contributed by atoms with van der Waals surface area (Å²) in [4.78, 5) is 19.2. The Bertz CT molecular complexity index is 1300. The smallest absolute Gasteiger partial charge is 0.343 e. The highest BCUT2D eigenvalue weighted by Crippen LogP contribution is 2.26. The molecule has 4 aromatic rings. The predicted octanol–water partition coefficient (Wildman–Crippen LogP) is 4.49. The molecule has 188 valence electrons. The second-order valence-corrected chi connectivity index (χ2v) is 9.20. The predicted molar refractivity (Wildman–Crippen MR) is 138 cm³/mol. The number of H-pyrrole nitrogens is 1. The van der Waals surface area contributed by atoms with Gasteiger partial charge < -0.3 is 29.6 Å². The van der Waals surface area contributed by atoms with Crippen molar-refractivity contribution in [3.05, 3.63) is 84.2 Å². The molecule has 0 amide bonds. The molecule has 8 heteroatoms. The van der Waals surface area contributed by atoms with Gasteiger partial charge in [-0.25, -0.2) is 9.78 Å². The lowest BCUT2D eigenvalue weighted by atomic mass is 9.94. The lowest BCUT2D eigenvalue weighted by Gasteiger charge is -2.28. The minimum Gasteiger partial charge on any atom is -0.490 e. The molecule has 0 aliphatic rings. The Morgan fingerprint density at radius 2 is 1.92 bits per heavy atom. The molecule has 3 N–H and O–H groups in total. The highest BCUT2D eigenvalue weighted by molar-refractivity contribution is 5.91. The molecule has 0 fully saturated rings. The zero-order valence-electron chi connectivity index (χ0n) is 20.7. The molecular formula is C28H31N3O5. The highest BCUT2D eigenvalue weighted by Gasteiger charge is 2.20. The van der Waals surface area contributed by atoms with Crippen molar-refractivity contribution in [3.8, 4) is 17.4 Å². The van der Waals surface area contributed by atoms with Gasteiger partial charge in [0.1, 0.15) is 29.8 Å². The summed E-state index contributed by atoms with van der Waals surface area (Å²) in [5.74, 6) is 1.01. The van der Waals surface area contributed by atoms with Crippen molar-refractivity contribution in [2.45, 2.75) is 31.9 Å². The SMILES string of the molecule is COC(=O)c1cccnc1Oc1ccc(CC(C)(C)NCC(O)COc2cccc3[nH]ccc23)cc1. The monoisotopic (exact) mass is 489 g/mol. The Kier molecular flexibility index (Phi) is 7.87. The molecule has 0 spiro atoms. The first kappa shape index (κ1) is 25.2. The topological polar surface area (TPSA) is 106 Å². The Hall–Kier alpha value is -3.88. The number of β-amino-alcohol motifs (C(OH)–C–C–N with tert-alkyl or cyclic N) is 1. The van der Waals surface area contributed by atoms with E-state index in [1.807, 2.05) is 54.7 Å². The number of nitrogens with zero attached hydrogens (tertiary/aromatic N) is 1. The summed E-state index contributed by atoms with van der Waals surface area (Å²) >= 11 is 0. The molecule has 0 bridgehead atoms. The number of hydrogen-bond donors (Lipinski definition) is 3. The van der Waals surface area contributed by atoms with Gasteiger partial charge in [-0.1, -0.05) is 18.2 Å². The fraction of sp³-hybridized carbons (Fsp3) is 0.286. The third-order valence-corrected chi connectivity index (χ3v) is 5.76. The molecule has 0 aliphatic carbocycles. The average molecular weight is 490 g/mol. The van der Waals surface area contributed by atoms with Crippen LogP contribution in [0, 0.1) is 0 Å². The zero-order chi connectivity index (χ0) is 25.5. The summed E-state index contributed by atoms with van der Waals surface area (Å²) in [5, 5.41) is 14.9. The number of hydrogen-bond acceptors (Lipinski definition) is 7. The number of esters is 1. The Morgan fingerprint density at radius 3 is 2.69 bits per heavy atom. The number of nitrogens with one attached hydrogen (secondary N) is 2. The number of pyridine rings is 1. The van der Waals surface area contributed by atoms with E-state index in [0.717, 1.165) is 28.6 Å². The van der Waals surface area contributed by atoms with Crippen molar-refractivity contribution < 1.29 is 24.1 Å². The molecule has 1 unspecified atom stereocenters. The van der Waals surface area contributed by atoms with Crippen LogP contribution in [0.2, 0.25) is 0 Å². The number of aliphatic hydroxyl groups excluding tert-OH is 1. The van der Waals surface area contributed by atoms with Gasteiger partial charge in [-0.15, -0.1) is 0 Å². The van der Waals surface area contributed by atoms with Crippen molar-refractivity contribution in [2.24, 2.45) is 0 Å². The molecule has 0 saturated heterocycles. The number of carbonyl (C=O) groups excluding carboxylic acids is 1. The minimum atomic E-state index is -0.656. The molecule has 2 aromatic carbocycles. The number of benzene rings is 2. The normalized spacial score (nSPS) is 12.3. The summed E-state index contributed by atoms with van der Waals surface area (Å²) in [6.07, 6.45) is 3.51. The fourth-order valence-electron chi connectivity index (χ4n) is 3.92. The van der Waals surface area contributed by atoms with E-state index in [1.54, 1.807) is 18.3 Å². The number of methoxy groups -OCH3 is 1. The van der Waals surface area contributed by atoms with Crippen LogP contribution in [0.15, 0.2) is 73.1 Å². The number of aromatic nitrogens is 2. The number of aromatic amines is 1. The van der Waals surface area contributed by atoms with E-state index in [9.17, 15) is 9.90 Å². The zero-order valence-corrected chi connectivity index (χ0v) is 20.7. The molecule has 0 aliphatic heterocycles. The standard InChI is InChI=1S/C28H31N3O5/c1-28(2,31-17-20(32)18-35-25-8-4-7-24-22(25)13-15-29-24)16-19-9-11-21(12-10-19)36-26-23(27(33)34-3)6-5-14-30-26/h4-15,20,29,31-32H,16-18H2,1-3H3. The summed E-state index contributed by atoms with van der Waals surface area (Å²) < 4.78 is 16.4. The maximum Gasteiger partial charge on any atom is 0.343 e. The van der Waals surface area contributed by atoms with E-state index in [1.165, 1.54) is 7.11 Å². The van der Waals surface area contributed by atoms with Crippen LogP contribution < -0.4 is 14.8 Å². The Labute approximate surface area is 210 Å². The van der Waals surface area contributed by atoms with Crippen LogP contribution in [0.1, 0.15) is 29.8 Å². The Balaban J connectivity index is 1.28. The second-order valence-electron chi connectivity index (χ2n) is 9.20. The van der Waals surface area contributed by atoms with Gasteiger partial charge >= 0.3 is 5.97 Å². The van der Waals surface area contributed by atoms with E-state index < -0.39 is 12.1 Å². The highest BCUT2D eigenvalue weighted by atomic mass is 16.5. The molecule has 2 aromatic heterocycles. The maximum atomic E-state index is 11.9. The van der Waals surface area contributed by atoms with E-state index in [0.29, 0.717) is 12.3 Å². The third kappa shape index (κ3) is 6.41. The fourth-order valence-corrected chi connectivity index (χ4v) is 3.92.